The number of hydrogen-bond acceptors (Lipinski definition) is 6. The normalized spacial score (nSPS) is 12.7. The molecule has 0 bridgehead atoms. The van der Waals surface area contributed by atoms with Crippen LogP contribution in [-0.2, 0) is 28.6 Å². The lowest BCUT2D eigenvalue weighted by atomic mass is 10.0. The number of allylic oxidation sites excluding steroid dienone is 14. The molecule has 0 aromatic carbocycles. The highest BCUT2D eigenvalue weighted by molar-refractivity contribution is 5.71. The van der Waals surface area contributed by atoms with Gasteiger partial charge in [0, 0.05) is 19.3 Å². The Balaban J connectivity index is 4.43. The summed E-state index contributed by atoms with van der Waals surface area (Å²) in [5.74, 6) is -0.915. The maximum Gasteiger partial charge on any atom is 0.306 e. The monoisotopic (exact) mass is 1000 g/mol. The molecule has 0 rings (SSSR count). The van der Waals surface area contributed by atoms with Crippen molar-refractivity contribution in [1.82, 2.24) is 0 Å². The summed E-state index contributed by atoms with van der Waals surface area (Å²) < 4.78 is 16.9. The quantitative estimate of drug-likeness (QED) is 0.0261. The van der Waals surface area contributed by atoms with Gasteiger partial charge in [0.05, 0.1) is 0 Å². The fraction of sp³-hybridized carbons (Fsp3) is 0.742. The smallest absolute Gasteiger partial charge is 0.306 e. The van der Waals surface area contributed by atoms with Crippen molar-refractivity contribution in [2.75, 3.05) is 13.2 Å². The number of unbranched alkanes of at least 4 members (excludes halogenated alkanes) is 30. The van der Waals surface area contributed by atoms with Crippen LogP contribution in [0.3, 0.4) is 0 Å². The highest BCUT2D eigenvalue weighted by Crippen LogP contribution is 2.16. The zero-order valence-corrected chi connectivity index (χ0v) is 47.4. The molecule has 0 spiro atoms. The minimum absolute atomic E-state index is 0.0889. The summed E-state index contributed by atoms with van der Waals surface area (Å²) in [6, 6.07) is 0. The summed E-state index contributed by atoms with van der Waals surface area (Å²) in [5.41, 5.74) is 0. The summed E-state index contributed by atoms with van der Waals surface area (Å²) in [7, 11) is 0. The molecular weight excluding hydrogens is 889 g/mol. The van der Waals surface area contributed by atoms with Crippen molar-refractivity contribution in [3.05, 3.63) is 85.1 Å². The second-order valence-corrected chi connectivity index (χ2v) is 20.2. The van der Waals surface area contributed by atoms with Crippen LogP contribution in [-0.4, -0.2) is 37.2 Å². The molecule has 1 atom stereocenters. The molecule has 0 N–H and O–H groups in total. The van der Waals surface area contributed by atoms with E-state index in [1.165, 1.54) is 141 Å². The van der Waals surface area contributed by atoms with Gasteiger partial charge in [-0.25, -0.2) is 0 Å². The minimum Gasteiger partial charge on any atom is -0.462 e. The van der Waals surface area contributed by atoms with Crippen LogP contribution in [0.1, 0.15) is 297 Å². The van der Waals surface area contributed by atoms with Gasteiger partial charge in [-0.2, -0.15) is 0 Å². The number of carbonyl (C=O) groups is 3. The molecule has 0 amide bonds. The van der Waals surface area contributed by atoms with E-state index in [9.17, 15) is 14.4 Å². The molecule has 0 aromatic heterocycles. The summed E-state index contributed by atoms with van der Waals surface area (Å²) in [6.07, 6.45) is 78.6. The predicted octanol–water partition coefficient (Wildman–Crippen LogP) is 20.7. The summed E-state index contributed by atoms with van der Waals surface area (Å²) in [5, 5.41) is 0. The zero-order chi connectivity index (χ0) is 52.2. The van der Waals surface area contributed by atoms with Crippen molar-refractivity contribution in [3.63, 3.8) is 0 Å². The first-order chi connectivity index (χ1) is 35.5. The van der Waals surface area contributed by atoms with Crippen LogP contribution >= 0.6 is 0 Å². The first kappa shape index (κ1) is 68.6. The third-order valence-electron chi connectivity index (χ3n) is 13.1. The Morgan fingerprint density at radius 3 is 0.847 bits per heavy atom. The fourth-order valence-electron chi connectivity index (χ4n) is 8.56. The molecule has 0 aromatic rings. The Morgan fingerprint density at radius 2 is 0.542 bits per heavy atom. The molecule has 0 saturated carbocycles. The van der Waals surface area contributed by atoms with Gasteiger partial charge in [-0.05, 0) is 96.3 Å². The summed E-state index contributed by atoms with van der Waals surface area (Å²) >= 11 is 0. The molecule has 0 aliphatic rings. The third kappa shape index (κ3) is 57.5. The Labute approximate surface area is 445 Å². The lowest BCUT2D eigenvalue weighted by molar-refractivity contribution is -0.167. The fourth-order valence-corrected chi connectivity index (χ4v) is 8.56. The maximum absolute atomic E-state index is 12.9. The van der Waals surface area contributed by atoms with Crippen molar-refractivity contribution < 1.29 is 28.6 Å². The average molecular weight is 1000 g/mol. The topological polar surface area (TPSA) is 78.9 Å². The molecule has 1 unspecified atom stereocenters. The number of carbonyl (C=O) groups excluding carboxylic acids is 3. The van der Waals surface area contributed by atoms with E-state index in [1.807, 2.05) is 0 Å². The molecule has 72 heavy (non-hydrogen) atoms. The van der Waals surface area contributed by atoms with Gasteiger partial charge < -0.3 is 14.2 Å². The van der Waals surface area contributed by atoms with E-state index >= 15 is 0 Å². The van der Waals surface area contributed by atoms with Gasteiger partial charge in [0.1, 0.15) is 13.2 Å². The molecule has 0 heterocycles. The zero-order valence-electron chi connectivity index (χ0n) is 47.4. The van der Waals surface area contributed by atoms with Gasteiger partial charge in [0.25, 0.3) is 0 Å². The molecule has 414 valence electrons. The van der Waals surface area contributed by atoms with Crippen LogP contribution in [0.4, 0.5) is 0 Å². The summed E-state index contributed by atoms with van der Waals surface area (Å²) in [4.78, 5) is 38.3. The molecule has 0 aliphatic carbocycles. The summed E-state index contributed by atoms with van der Waals surface area (Å²) in [6.45, 7) is 6.51. The standard InChI is InChI=1S/C66H114O6/c1-4-7-10-13-16-19-22-25-28-31-32-33-34-36-38-41-44-47-50-53-56-59-65(68)71-62-63(61-70-64(67)58-55-52-49-46-43-40-37-30-27-24-21-18-15-12-9-6-3)72-66(69)60-57-54-51-48-45-42-39-35-29-26-23-20-17-14-11-8-5-2/h8,11,17,20,22,25-26,29,31-32,34,36,39,42,63H,4-7,9-10,12-16,18-19,21,23-24,27-28,30,33,35,37-38,40-41,43-62H2,1-3H3/b11-8-,20-17-,25-22-,29-26-,32-31-,36-34-,42-39-. The first-order valence-corrected chi connectivity index (χ1v) is 30.6. The lowest BCUT2D eigenvalue weighted by Gasteiger charge is -2.18. The number of hydrogen-bond donors (Lipinski definition) is 0. The van der Waals surface area contributed by atoms with Crippen LogP contribution in [0.15, 0.2) is 85.1 Å². The third-order valence-corrected chi connectivity index (χ3v) is 13.1. The van der Waals surface area contributed by atoms with Crippen LogP contribution in [0, 0.1) is 0 Å². The Hall–Kier alpha value is -3.41. The second-order valence-electron chi connectivity index (χ2n) is 20.2. The highest BCUT2D eigenvalue weighted by atomic mass is 16.6. The molecular formula is C66H114O6. The number of rotatable bonds is 55. The van der Waals surface area contributed by atoms with Gasteiger partial charge in [0.2, 0.25) is 0 Å². The average Bonchev–Trinajstić information content (AvgIpc) is 3.38. The van der Waals surface area contributed by atoms with Gasteiger partial charge in [-0.3, -0.25) is 14.4 Å². The molecule has 0 radical (unpaired) electrons. The van der Waals surface area contributed by atoms with Crippen LogP contribution in [0.25, 0.3) is 0 Å². The van der Waals surface area contributed by atoms with E-state index in [1.54, 1.807) is 0 Å². The van der Waals surface area contributed by atoms with Crippen molar-refractivity contribution in [1.29, 1.82) is 0 Å². The van der Waals surface area contributed by atoms with Crippen molar-refractivity contribution >= 4 is 17.9 Å². The second kappa shape index (κ2) is 60.1. The van der Waals surface area contributed by atoms with E-state index < -0.39 is 6.10 Å². The van der Waals surface area contributed by atoms with Gasteiger partial charge in [-0.1, -0.05) is 266 Å². The van der Waals surface area contributed by atoms with Crippen molar-refractivity contribution in [3.8, 4) is 0 Å². The predicted molar refractivity (Wildman–Crippen MR) is 311 cm³/mol. The first-order valence-electron chi connectivity index (χ1n) is 30.6. The van der Waals surface area contributed by atoms with Crippen LogP contribution < -0.4 is 0 Å². The number of ether oxygens (including phenoxy) is 3. The van der Waals surface area contributed by atoms with Crippen molar-refractivity contribution in [2.24, 2.45) is 0 Å². The van der Waals surface area contributed by atoms with E-state index in [4.69, 9.17) is 14.2 Å². The lowest BCUT2D eigenvalue weighted by Crippen LogP contribution is -2.30. The molecule has 0 saturated heterocycles. The van der Waals surface area contributed by atoms with E-state index in [2.05, 4.69) is 106 Å². The van der Waals surface area contributed by atoms with Gasteiger partial charge in [0.15, 0.2) is 6.10 Å². The highest BCUT2D eigenvalue weighted by Gasteiger charge is 2.19. The molecule has 0 aliphatic heterocycles. The Morgan fingerprint density at radius 1 is 0.292 bits per heavy atom. The largest absolute Gasteiger partial charge is 0.462 e. The van der Waals surface area contributed by atoms with Gasteiger partial charge >= 0.3 is 17.9 Å². The van der Waals surface area contributed by atoms with Crippen LogP contribution in [0.5, 0.6) is 0 Å². The van der Waals surface area contributed by atoms with Crippen LogP contribution in [0.2, 0.25) is 0 Å². The Kier molecular flexibility index (Phi) is 57.3. The van der Waals surface area contributed by atoms with Gasteiger partial charge in [-0.15, -0.1) is 0 Å². The molecule has 0 fully saturated rings. The Bertz CT molecular complexity index is 1380. The SMILES string of the molecule is CC/C=C\C/C=C\C/C=C\C/C=C\CCCCCCC(=O)OC(COC(=O)CCCCCCCC/C=C\C/C=C\C/C=C\CCCCCCC)COC(=O)CCCCCCCCCCCCCCCCCC. The minimum atomic E-state index is -0.795. The number of esters is 3. The van der Waals surface area contributed by atoms with E-state index in [0.29, 0.717) is 19.3 Å². The van der Waals surface area contributed by atoms with Crippen molar-refractivity contribution in [2.45, 2.75) is 303 Å². The molecule has 6 nitrogen and oxygen atoms in total. The van der Waals surface area contributed by atoms with E-state index in [-0.39, 0.29) is 31.1 Å². The maximum atomic E-state index is 12.9. The van der Waals surface area contributed by atoms with E-state index in [0.717, 1.165) is 116 Å². The molecule has 6 heteroatoms.